The summed E-state index contributed by atoms with van der Waals surface area (Å²) in [6.07, 6.45) is 8.48. The predicted molar refractivity (Wildman–Crippen MR) is 72.7 cm³/mol. The van der Waals surface area contributed by atoms with Crippen LogP contribution in [-0.4, -0.2) is 31.3 Å². The van der Waals surface area contributed by atoms with Crippen molar-refractivity contribution in [3.05, 3.63) is 0 Å². The molecule has 5 nitrogen and oxygen atoms in total. The van der Waals surface area contributed by atoms with Gasteiger partial charge in [-0.3, -0.25) is 4.79 Å². The maximum atomic E-state index is 11.2. The van der Waals surface area contributed by atoms with Gasteiger partial charge in [0.25, 0.3) is 0 Å². The molecule has 0 spiro atoms. The van der Waals surface area contributed by atoms with E-state index in [-0.39, 0.29) is 57.8 Å². The second-order valence-corrected chi connectivity index (χ2v) is 6.32. The molecule has 0 rings (SSSR count). The van der Waals surface area contributed by atoms with Gasteiger partial charge in [0.05, 0.1) is 7.11 Å². The number of unbranched alkanes of at least 4 members (excludes halogenated alkanes) is 7. The van der Waals surface area contributed by atoms with E-state index in [1.807, 2.05) is 0 Å². The fourth-order valence-corrected chi connectivity index (χ4v) is 2.76. The summed E-state index contributed by atoms with van der Waals surface area (Å²) in [6, 6.07) is 0. The Morgan fingerprint density at radius 1 is 1.05 bits per heavy atom. The van der Waals surface area contributed by atoms with Crippen LogP contribution in [0.5, 0.6) is 0 Å². The Morgan fingerprint density at radius 2 is 1.50 bits per heavy atom. The predicted octanol–water partition coefficient (Wildman–Crippen LogP) is -0.392. The number of ether oxygens (including phenoxy) is 1. The molecule has 0 heterocycles. The van der Waals surface area contributed by atoms with E-state index in [1.165, 1.54) is 25.7 Å². The molecule has 0 aromatic carbocycles. The van der Waals surface area contributed by atoms with Crippen LogP contribution in [0.1, 0.15) is 64.7 Å². The third-order valence-electron chi connectivity index (χ3n) is 3.13. The van der Waals surface area contributed by atoms with Gasteiger partial charge in [-0.1, -0.05) is 58.3 Å². The van der Waals surface area contributed by atoms with Crippen molar-refractivity contribution in [2.75, 3.05) is 7.11 Å². The minimum atomic E-state index is -4.61. The molecular weight excluding hydrogens is 307 g/mol. The first-order chi connectivity index (χ1) is 8.93. The summed E-state index contributed by atoms with van der Waals surface area (Å²) in [5.41, 5.74) is 0. The van der Waals surface area contributed by atoms with Gasteiger partial charge in [-0.05, 0) is 6.42 Å². The van der Waals surface area contributed by atoms with Crippen molar-refractivity contribution >= 4 is 16.1 Å². The molecule has 0 bridgehead atoms. The van der Waals surface area contributed by atoms with E-state index in [4.69, 9.17) is 0 Å². The molecule has 0 amide bonds. The van der Waals surface area contributed by atoms with E-state index in [2.05, 4.69) is 11.7 Å². The second kappa shape index (κ2) is 13.7. The SMILES string of the molecule is CCCCCCCCCCC(C(=O)OC)S(=O)(=O)[O-].[K+]. The summed E-state index contributed by atoms with van der Waals surface area (Å²) in [5, 5.41) is -1.54. The molecular formula is C13H25KO5S. The summed E-state index contributed by atoms with van der Waals surface area (Å²) < 4.78 is 37.1. The van der Waals surface area contributed by atoms with Gasteiger partial charge in [-0.15, -0.1) is 0 Å². The van der Waals surface area contributed by atoms with Crippen LogP contribution >= 0.6 is 0 Å². The molecule has 0 aromatic heterocycles. The first kappa shape index (κ1) is 23.3. The van der Waals surface area contributed by atoms with Crippen LogP contribution in [0.25, 0.3) is 0 Å². The molecule has 0 radical (unpaired) electrons. The Bertz CT molecular complexity index is 343. The van der Waals surface area contributed by atoms with Gasteiger partial charge >= 0.3 is 57.4 Å². The first-order valence-corrected chi connectivity index (χ1v) is 8.43. The normalized spacial score (nSPS) is 12.6. The fraction of sp³-hybridized carbons (Fsp3) is 0.923. The molecule has 1 atom stereocenters. The van der Waals surface area contributed by atoms with Gasteiger partial charge in [0.1, 0.15) is 15.4 Å². The van der Waals surface area contributed by atoms with E-state index in [0.717, 1.165) is 26.4 Å². The number of carbonyl (C=O) groups excluding carboxylic acids is 1. The summed E-state index contributed by atoms with van der Waals surface area (Å²) >= 11 is 0. The quantitative estimate of drug-likeness (QED) is 0.223. The zero-order valence-corrected chi connectivity index (χ0v) is 16.8. The summed E-state index contributed by atoms with van der Waals surface area (Å²) in [7, 11) is -3.51. The van der Waals surface area contributed by atoms with Crippen LogP contribution in [-0.2, 0) is 19.6 Å². The van der Waals surface area contributed by atoms with Gasteiger partial charge in [-0.25, -0.2) is 8.42 Å². The topological polar surface area (TPSA) is 83.5 Å². The van der Waals surface area contributed by atoms with Crippen LogP contribution in [0.4, 0.5) is 0 Å². The summed E-state index contributed by atoms with van der Waals surface area (Å²) in [4.78, 5) is 11.2. The minimum absolute atomic E-state index is 0. The Hall–Kier alpha value is 1.02. The molecule has 7 heteroatoms. The summed E-state index contributed by atoms with van der Waals surface area (Å²) in [6.45, 7) is 2.16. The van der Waals surface area contributed by atoms with E-state index < -0.39 is 21.3 Å². The molecule has 1 unspecified atom stereocenters. The molecule has 0 saturated carbocycles. The fourth-order valence-electron chi connectivity index (χ4n) is 1.98. The standard InChI is InChI=1S/C13H26O5S.K/c1-3-4-5-6-7-8-9-10-11-12(13(14)18-2)19(15,16)17;/h12H,3-11H2,1-2H3,(H,15,16,17);/q;+1/p-1. The molecule has 0 fully saturated rings. The van der Waals surface area contributed by atoms with Crippen molar-refractivity contribution in [1.29, 1.82) is 0 Å². The second-order valence-electron chi connectivity index (χ2n) is 4.77. The van der Waals surface area contributed by atoms with Gasteiger partial charge in [0.2, 0.25) is 0 Å². The van der Waals surface area contributed by atoms with Gasteiger partial charge in [0, 0.05) is 0 Å². The molecule has 0 aliphatic rings. The number of hydrogen-bond acceptors (Lipinski definition) is 5. The zero-order valence-electron chi connectivity index (χ0n) is 12.9. The number of hydrogen-bond donors (Lipinski definition) is 0. The average molecular weight is 333 g/mol. The largest absolute Gasteiger partial charge is 1.00 e. The smallest absolute Gasteiger partial charge is 0.747 e. The molecule has 0 aliphatic carbocycles. The number of carbonyl (C=O) groups is 1. The molecule has 20 heavy (non-hydrogen) atoms. The maximum Gasteiger partial charge on any atom is 1.00 e. The Kier molecular flexibility index (Phi) is 15.9. The van der Waals surface area contributed by atoms with E-state index >= 15 is 0 Å². The van der Waals surface area contributed by atoms with Crippen LogP contribution in [0.15, 0.2) is 0 Å². The van der Waals surface area contributed by atoms with Crippen LogP contribution < -0.4 is 51.4 Å². The first-order valence-electron chi connectivity index (χ1n) is 6.96. The molecule has 0 aromatic rings. The Morgan fingerprint density at radius 3 is 1.90 bits per heavy atom. The number of methoxy groups -OCH3 is 1. The Balaban J connectivity index is 0. The third kappa shape index (κ3) is 11.7. The van der Waals surface area contributed by atoms with Crippen molar-refractivity contribution in [1.82, 2.24) is 0 Å². The maximum absolute atomic E-state index is 11.2. The van der Waals surface area contributed by atoms with Crippen molar-refractivity contribution in [3.8, 4) is 0 Å². The molecule has 0 saturated heterocycles. The van der Waals surface area contributed by atoms with Gasteiger partial charge < -0.3 is 9.29 Å². The van der Waals surface area contributed by atoms with Gasteiger partial charge in [-0.2, -0.15) is 0 Å². The van der Waals surface area contributed by atoms with E-state index in [1.54, 1.807) is 0 Å². The van der Waals surface area contributed by atoms with E-state index in [0.29, 0.717) is 6.42 Å². The van der Waals surface area contributed by atoms with Crippen LogP contribution in [0, 0.1) is 0 Å². The van der Waals surface area contributed by atoms with Crippen molar-refractivity contribution in [2.45, 2.75) is 70.0 Å². The van der Waals surface area contributed by atoms with Gasteiger partial charge in [0.15, 0.2) is 0 Å². The zero-order chi connectivity index (χ0) is 14.7. The minimum Gasteiger partial charge on any atom is -0.747 e. The molecule has 0 aliphatic heterocycles. The van der Waals surface area contributed by atoms with Crippen molar-refractivity contribution in [2.24, 2.45) is 0 Å². The average Bonchev–Trinajstić information content (AvgIpc) is 2.34. The van der Waals surface area contributed by atoms with Crippen molar-refractivity contribution < 1.29 is 73.9 Å². The Labute approximate surface area is 165 Å². The monoisotopic (exact) mass is 332 g/mol. The van der Waals surface area contributed by atoms with Crippen molar-refractivity contribution in [3.63, 3.8) is 0 Å². The van der Waals surface area contributed by atoms with Crippen LogP contribution in [0.3, 0.4) is 0 Å². The summed E-state index contributed by atoms with van der Waals surface area (Å²) in [5.74, 6) is -0.946. The number of rotatable bonds is 11. The molecule has 0 N–H and O–H groups in total. The third-order valence-corrected chi connectivity index (χ3v) is 4.26. The number of esters is 1. The van der Waals surface area contributed by atoms with Crippen LogP contribution in [0.2, 0.25) is 0 Å². The molecule has 114 valence electrons. The van der Waals surface area contributed by atoms with E-state index in [9.17, 15) is 17.8 Å².